The molecule has 0 bridgehead atoms. The van der Waals surface area contributed by atoms with Crippen LogP contribution < -0.4 is 10.6 Å². The van der Waals surface area contributed by atoms with Gasteiger partial charge in [-0.05, 0) is 71.3 Å². The quantitative estimate of drug-likeness (QED) is 0.0610. The number of morpholine rings is 1. The summed E-state index contributed by atoms with van der Waals surface area (Å²) < 4.78 is 36.7. The number of hydrogen-bond donors (Lipinski definition) is 2. The number of methoxy groups -OCH3 is 1. The highest BCUT2D eigenvalue weighted by molar-refractivity contribution is 7.99. The molecule has 0 aliphatic carbocycles. The number of carbonyl (C=O) groups excluding carboxylic acids is 3. The van der Waals surface area contributed by atoms with Crippen molar-refractivity contribution in [2.45, 2.75) is 67.5 Å². The number of rotatable bonds is 19. The number of esters is 1. The summed E-state index contributed by atoms with van der Waals surface area (Å²) in [4.78, 5) is 44.0. The molecule has 0 spiro atoms. The standard InChI is InChI=1S/C48H48FN5O7S/c1-58-47(57)52-45(44(34-11-4-2-5-12-34)35-13-6-3-7-14-35)41(55)28-37-15-9-8-10-33(37)19-22-39-29-51-40(30-59-43(56)23-18-32-16-20-38(49)21-17-32)42(60-39)31-62-48-54-53-46(61-48)36-24-26-50-27-25-36/h2-17,20-21,24-27,39-40,42,44-45,51H,18-19,22-23,28-31H2,1H3,(H,52,57)/t39-,40-,42-,45-/m1/s1. The maximum absolute atomic E-state index is 14.4. The van der Waals surface area contributed by atoms with E-state index in [0.29, 0.717) is 42.7 Å². The Kier molecular flexibility index (Phi) is 15.6. The van der Waals surface area contributed by atoms with Crippen molar-refractivity contribution in [3.63, 3.8) is 0 Å². The van der Waals surface area contributed by atoms with Crippen molar-refractivity contribution in [3.8, 4) is 11.5 Å². The molecule has 1 aliphatic rings. The molecular weight excluding hydrogens is 810 g/mol. The third kappa shape index (κ3) is 12.2. The SMILES string of the molecule is COC(=O)N[C@H](C(=O)Cc1ccccc1CC[C@@H]1CN[C@H](COC(=O)CCc2ccc(F)cc2)[C@@H](CSc2nnc(-c3ccncc3)o2)O1)C(c1ccccc1)c1ccccc1. The number of hydrogen-bond acceptors (Lipinski definition) is 12. The molecule has 7 rings (SSSR count). The number of halogens is 1. The Bertz CT molecular complexity index is 2320. The molecule has 0 saturated carbocycles. The molecule has 0 radical (unpaired) electrons. The summed E-state index contributed by atoms with van der Waals surface area (Å²) in [6.45, 7) is 0.596. The minimum Gasteiger partial charge on any atom is -0.464 e. The van der Waals surface area contributed by atoms with E-state index in [4.69, 9.17) is 18.6 Å². The molecule has 6 aromatic rings. The van der Waals surface area contributed by atoms with E-state index in [-0.39, 0.29) is 49.2 Å². The zero-order valence-electron chi connectivity index (χ0n) is 34.2. The summed E-state index contributed by atoms with van der Waals surface area (Å²) in [5.41, 5.74) is 5.24. The number of carbonyl (C=O) groups is 3. The zero-order valence-corrected chi connectivity index (χ0v) is 35.0. The van der Waals surface area contributed by atoms with Gasteiger partial charge in [0.15, 0.2) is 5.78 Å². The number of nitrogens with one attached hydrogen (secondary N) is 2. The first kappa shape index (κ1) is 43.9. The fourth-order valence-electron chi connectivity index (χ4n) is 7.50. The number of nitrogens with zero attached hydrogens (tertiary/aromatic N) is 3. The van der Waals surface area contributed by atoms with Crippen LogP contribution in [0.2, 0.25) is 0 Å². The minimum atomic E-state index is -0.905. The molecule has 1 aliphatic heterocycles. The Hall–Kier alpha value is -6.22. The molecule has 3 heterocycles. The van der Waals surface area contributed by atoms with Crippen LogP contribution >= 0.6 is 11.8 Å². The molecule has 12 nitrogen and oxygen atoms in total. The molecule has 1 amide bonds. The molecule has 62 heavy (non-hydrogen) atoms. The van der Waals surface area contributed by atoms with Crippen LogP contribution in [0.3, 0.4) is 0 Å². The molecule has 4 aromatic carbocycles. The van der Waals surface area contributed by atoms with Crippen molar-refractivity contribution in [1.29, 1.82) is 0 Å². The number of ether oxygens (including phenoxy) is 3. The third-order valence-corrected chi connectivity index (χ3v) is 11.7. The van der Waals surface area contributed by atoms with E-state index in [9.17, 15) is 18.8 Å². The average Bonchev–Trinajstić information content (AvgIpc) is 3.80. The number of ketones is 1. The maximum atomic E-state index is 14.4. The second kappa shape index (κ2) is 22.0. The Balaban J connectivity index is 1.02. The van der Waals surface area contributed by atoms with Gasteiger partial charge in [0.1, 0.15) is 18.5 Å². The first-order valence-electron chi connectivity index (χ1n) is 20.5. The zero-order chi connectivity index (χ0) is 43.1. The van der Waals surface area contributed by atoms with Gasteiger partial charge in [-0.1, -0.05) is 109 Å². The summed E-state index contributed by atoms with van der Waals surface area (Å²) in [7, 11) is 1.29. The van der Waals surface area contributed by atoms with Crippen LogP contribution in [-0.2, 0) is 43.1 Å². The topological polar surface area (TPSA) is 155 Å². The predicted molar refractivity (Wildman–Crippen MR) is 232 cm³/mol. The Morgan fingerprint density at radius 3 is 2.23 bits per heavy atom. The van der Waals surface area contributed by atoms with E-state index in [1.807, 2.05) is 84.9 Å². The van der Waals surface area contributed by atoms with Crippen LogP contribution in [0.15, 0.2) is 143 Å². The lowest BCUT2D eigenvalue weighted by Crippen LogP contribution is -2.55. The number of alkyl carbamates (subject to hydrolysis) is 1. The van der Waals surface area contributed by atoms with Gasteiger partial charge in [0.2, 0.25) is 5.89 Å². The van der Waals surface area contributed by atoms with Crippen LogP contribution in [0.25, 0.3) is 11.5 Å². The van der Waals surface area contributed by atoms with Crippen LogP contribution in [0.1, 0.15) is 46.6 Å². The lowest BCUT2D eigenvalue weighted by Gasteiger charge is -2.37. The Morgan fingerprint density at radius 2 is 1.53 bits per heavy atom. The third-order valence-electron chi connectivity index (χ3n) is 10.8. The van der Waals surface area contributed by atoms with Crippen molar-refractivity contribution in [2.24, 2.45) is 0 Å². The van der Waals surface area contributed by atoms with Crippen LogP contribution in [0.5, 0.6) is 0 Å². The van der Waals surface area contributed by atoms with Crippen LogP contribution in [0.4, 0.5) is 9.18 Å². The maximum Gasteiger partial charge on any atom is 0.407 e. The van der Waals surface area contributed by atoms with Gasteiger partial charge in [0.25, 0.3) is 5.22 Å². The number of aryl methyl sites for hydroxylation is 2. The fraction of sp³-hybridized carbons (Fsp3) is 0.292. The highest BCUT2D eigenvalue weighted by atomic mass is 32.2. The Labute approximate surface area is 364 Å². The molecule has 2 aromatic heterocycles. The van der Waals surface area contributed by atoms with Crippen molar-refractivity contribution in [2.75, 3.05) is 26.0 Å². The summed E-state index contributed by atoms with van der Waals surface area (Å²) >= 11 is 1.35. The van der Waals surface area contributed by atoms with E-state index in [2.05, 4.69) is 25.8 Å². The fourth-order valence-corrected chi connectivity index (χ4v) is 8.36. The van der Waals surface area contributed by atoms with E-state index >= 15 is 0 Å². The number of pyridine rings is 1. The lowest BCUT2D eigenvalue weighted by molar-refractivity contribution is -0.147. The van der Waals surface area contributed by atoms with Crippen molar-refractivity contribution < 1.29 is 37.4 Å². The second-order valence-electron chi connectivity index (χ2n) is 14.9. The van der Waals surface area contributed by atoms with Gasteiger partial charge in [-0.25, -0.2) is 9.18 Å². The number of aromatic nitrogens is 3. The Morgan fingerprint density at radius 1 is 0.855 bits per heavy atom. The van der Waals surface area contributed by atoms with E-state index in [1.165, 1.54) is 31.0 Å². The molecule has 320 valence electrons. The lowest BCUT2D eigenvalue weighted by atomic mass is 9.81. The number of thioether (sulfide) groups is 1. The first-order valence-corrected chi connectivity index (χ1v) is 21.5. The highest BCUT2D eigenvalue weighted by Gasteiger charge is 2.34. The van der Waals surface area contributed by atoms with Gasteiger partial charge in [-0.15, -0.1) is 10.2 Å². The van der Waals surface area contributed by atoms with Gasteiger partial charge in [0, 0.05) is 49.0 Å². The summed E-state index contributed by atoms with van der Waals surface area (Å²) in [6.07, 6.45) is 3.95. The highest BCUT2D eigenvalue weighted by Crippen LogP contribution is 2.31. The van der Waals surface area contributed by atoms with Crippen LogP contribution in [-0.4, -0.2) is 83.3 Å². The molecule has 0 unspecified atom stereocenters. The van der Waals surface area contributed by atoms with Gasteiger partial charge in [0.05, 0.1) is 25.4 Å². The minimum absolute atomic E-state index is 0.0876. The van der Waals surface area contributed by atoms with E-state index in [0.717, 1.165) is 33.4 Å². The van der Waals surface area contributed by atoms with E-state index in [1.54, 1.807) is 36.7 Å². The van der Waals surface area contributed by atoms with Crippen LogP contribution in [0, 0.1) is 5.82 Å². The summed E-state index contributed by atoms with van der Waals surface area (Å²) in [6, 6.07) is 35.6. The summed E-state index contributed by atoms with van der Waals surface area (Å²) in [5.74, 6) is -0.492. The normalized spacial score (nSPS) is 16.7. The second-order valence-corrected chi connectivity index (χ2v) is 15.9. The number of Topliss-reactive ketones (excluding diaryl/α,β-unsaturated/α-hetero) is 1. The van der Waals surface area contributed by atoms with Gasteiger partial charge in [-0.2, -0.15) is 0 Å². The summed E-state index contributed by atoms with van der Waals surface area (Å²) in [5, 5.41) is 15.2. The molecular formula is C48H48FN5O7S. The van der Waals surface area contributed by atoms with Gasteiger partial charge >= 0.3 is 12.1 Å². The van der Waals surface area contributed by atoms with Gasteiger partial charge in [-0.3, -0.25) is 14.6 Å². The molecule has 14 heteroatoms. The molecule has 1 fully saturated rings. The number of benzene rings is 4. The largest absolute Gasteiger partial charge is 0.464 e. The molecule has 2 N–H and O–H groups in total. The smallest absolute Gasteiger partial charge is 0.407 e. The first-order chi connectivity index (χ1) is 30.3. The van der Waals surface area contributed by atoms with Crippen molar-refractivity contribution in [3.05, 3.63) is 167 Å². The molecule has 4 atom stereocenters. The average molecular weight is 858 g/mol. The van der Waals surface area contributed by atoms with Crippen molar-refractivity contribution in [1.82, 2.24) is 25.8 Å². The predicted octanol–water partition coefficient (Wildman–Crippen LogP) is 7.57. The van der Waals surface area contributed by atoms with Crippen molar-refractivity contribution >= 4 is 29.6 Å². The van der Waals surface area contributed by atoms with Gasteiger partial charge < -0.3 is 29.3 Å². The monoisotopic (exact) mass is 857 g/mol. The molecule has 1 saturated heterocycles. The number of amides is 1. The van der Waals surface area contributed by atoms with E-state index < -0.39 is 24.2 Å².